The number of rotatable bonds is 7. The van der Waals surface area contributed by atoms with E-state index in [1.807, 2.05) is 0 Å². The standard InChI is InChI=1S/C11H20ClN3/c1-3-5-6-10(4-2)8-15-9-13-14-11(15)7-12/h9-10H,3-8H2,1-2H3. The first-order valence-corrected chi connectivity index (χ1v) is 6.27. The highest BCUT2D eigenvalue weighted by molar-refractivity contribution is 6.16. The summed E-state index contributed by atoms with van der Waals surface area (Å²) >= 11 is 5.78. The van der Waals surface area contributed by atoms with Crippen molar-refractivity contribution in [2.75, 3.05) is 0 Å². The van der Waals surface area contributed by atoms with Gasteiger partial charge in [0.1, 0.15) is 12.2 Å². The molecule has 1 unspecified atom stereocenters. The largest absolute Gasteiger partial charge is 0.316 e. The number of aromatic nitrogens is 3. The van der Waals surface area contributed by atoms with Crippen LogP contribution in [0.1, 0.15) is 45.4 Å². The maximum absolute atomic E-state index is 5.78. The minimum atomic E-state index is 0.449. The van der Waals surface area contributed by atoms with Gasteiger partial charge in [-0.3, -0.25) is 0 Å². The molecule has 0 fully saturated rings. The van der Waals surface area contributed by atoms with E-state index in [0.717, 1.165) is 18.3 Å². The van der Waals surface area contributed by atoms with Crippen LogP contribution in [-0.2, 0) is 12.4 Å². The van der Waals surface area contributed by atoms with Crippen molar-refractivity contribution in [3.63, 3.8) is 0 Å². The normalized spacial score (nSPS) is 13.0. The Bertz CT molecular complexity index is 273. The van der Waals surface area contributed by atoms with Crippen LogP contribution in [0.2, 0.25) is 0 Å². The molecule has 1 rings (SSSR count). The third kappa shape index (κ3) is 3.82. The lowest BCUT2D eigenvalue weighted by Gasteiger charge is -2.15. The second-order valence-corrected chi connectivity index (χ2v) is 4.22. The van der Waals surface area contributed by atoms with Gasteiger partial charge in [-0.25, -0.2) is 0 Å². The molecular formula is C11H20ClN3. The van der Waals surface area contributed by atoms with E-state index >= 15 is 0 Å². The number of hydrogen-bond donors (Lipinski definition) is 0. The van der Waals surface area contributed by atoms with Gasteiger partial charge in [0, 0.05) is 6.54 Å². The highest BCUT2D eigenvalue weighted by Gasteiger charge is 2.09. The second kappa shape index (κ2) is 6.83. The lowest BCUT2D eigenvalue weighted by atomic mass is 9.99. The van der Waals surface area contributed by atoms with Crippen LogP contribution in [0.15, 0.2) is 6.33 Å². The summed E-state index contributed by atoms with van der Waals surface area (Å²) in [6, 6.07) is 0. The quantitative estimate of drug-likeness (QED) is 0.672. The van der Waals surface area contributed by atoms with Crippen LogP contribution in [0.5, 0.6) is 0 Å². The molecule has 86 valence electrons. The molecule has 0 aliphatic carbocycles. The van der Waals surface area contributed by atoms with Gasteiger partial charge in [0.2, 0.25) is 0 Å². The van der Waals surface area contributed by atoms with Crippen molar-refractivity contribution < 1.29 is 0 Å². The summed E-state index contributed by atoms with van der Waals surface area (Å²) in [5.41, 5.74) is 0. The van der Waals surface area contributed by atoms with E-state index in [-0.39, 0.29) is 0 Å². The molecule has 0 N–H and O–H groups in total. The fraction of sp³-hybridized carbons (Fsp3) is 0.818. The SMILES string of the molecule is CCCCC(CC)Cn1cnnc1CCl. The first-order chi connectivity index (χ1) is 7.31. The van der Waals surface area contributed by atoms with Crippen LogP contribution in [-0.4, -0.2) is 14.8 Å². The maximum atomic E-state index is 5.78. The van der Waals surface area contributed by atoms with Crippen molar-refractivity contribution in [3.05, 3.63) is 12.2 Å². The summed E-state index contributed by atoms with van der Waals surface area (Å²) in [6.07, 6.45) is 6.84. The molecule has 1 aromatic rings. The summed E-state index contributed by atoms with van der Waals surface area (Å²) in [6.45, 7) is 5.48. The Labute approximate surface area is 96.8 Å². The predicted molar refractivity (Wildman–Crippen MR) is 62.9 cm³/mol. The van der Waals surface area contributed by atoms with Crippen LogP contribution < -0.4 is 0 Å². The molecule has 1 aromatic heterocycles. The average Bonchev–Trinajstić information content (AvgIpc) is 2.71. The minimum Gasteiger partial charge on any atom is -0.316 e. The molecular weight excluding hydrogens is 210 g/mol. The lowest BCUT2D eigenvalue weighted by molar-refractivity contribution is 0.386. The first-order valence-electron chi connectivity index (χ1n) is 5.74. The Morgan fingerprint density at radius 2 is 2.27 bits per heavy atom. The fourth-order valence-electron chi connectivity index (χ4n) is 1.73. The minimum absolute atomic E-state index is 0.449. The van der Waals surface area contributed by atoms with Gasteiger partial charge in [0.25, 0.3) is 0 Å². The third-order valence-electron chi connectivity index (χ3n) is 2.81. The summed E-state index contributed by atoms with van der Waals surface area (Å²) < 4.78 is 2.08. The van der Waals surface area contributed by atoms with Gasteiger partial charge in [-0.05, 0) is 12.3 Å². The van der Waals surface area contributed by atoms with E-state index < -0.39 is 0 Å². The fourth-order valence-corrected chi connectivity index (χ4v) is 1.94. The van der Waals surface area contributed by atoms with Gasteiger partial charge < -0.3 is 4.57 Å². The molecule has 4 heteroatoms. The van der Waals surface area contributed by atoms with Gasteiger partial charge in [-0.15, -0.1) is 21.8 Å². The van der Waals surface area contributed by atoms with E-state index in [4.69, 9.17) is 11.6 Å². The van der Waals surface area contributed by atoms with Crippen LogP contribution in [0.25, 0.3) is 0 Å². The summed E-state index contributed by atoms with van der Waals surface area (Å²) in [5.74, 6) is 2.05. The van der Waals surface area contributed by atoms with Gasteiger partial charge in [-0.2, -0.15) is 0 Å². The van der Waals surface area contributed by atoms with Crippen LogP contribution in [0, 0.1) is 5.92 Å². The molecule has 1 heterocycles. The summed E-state index contributed by atoms with van der Waals surface area (Å²) in [5, 5.41) is 7.87. The van der Waals surface area contributed by atoms with Crippen molar-refractivity contribution in [1.29, 1.82) is 0 Å². The Hall–Kier alpha value is -0.570. The second-order valence-electron chi connectivity index (χ2n) is 3.95. The Morgan fingerprint density at radius 1 is 1.47 bits per heavy atom. The van der Waals surface area contributed by atoms with Crippen LogP contribution in [0.4, 0.5) is 0 Å². The lowest BCUT2D eigenvalue weighted by Crippen LogP contribution is -2.11. The zero-order chi connectivity index (χ0) is 11.1. The molecule has 0 spiro atoms. The van der Waals surface area contributed by atoms with Crippen molar-refractivity contribution in [1.82, 2.24) is 14.8 Å². The highest BCUT2D eigenvalue weighted by Crippen LogP contribution is 2.16. The number of hydrogen-bond acceptors (Lipinski definition) is 2. The molecule has 0 aliphatic rings. The highest BCUT2D eigenvalue weighted by atomic mass is 35.5. The molecule has 0 aliphatic heterocycles. The average molecular weight is 230 g/mol. The number of alkyl halides is 1. The van der Waals surface area contributed by atoms with E-state index in [2.05, 4.69) is 28.6 Å². The maximum Gasteiger partial charge on any atom is 0.147 e. The Balaban J connectivity index is 2.50. The molecule has 0 radical (unpaired) electrons. The van der Waals surface area contributed by atoms with Crippen molar-refractivity contribution in [3.8, 4) is 0 Å². The van der Waals surface area contributed by atoms with Crippen molar-refractivity contribution in [2.24, 2.45) is 5.92 Å². The monoisotopic (exact) mass is 229 g/mol. The molecule has 0 amide bonds. The molecule has 15 heavy (non-hydrogen) atoms. The summed E-state index contributed by atoms with van der Waals surface area (Å²) in [4.78, 5) is 0. The molecule has 3 nitrogen and oxygen atoms in total. The molecule has 0 saturated carbocycles. The number of unbranched alkanes of at least 4 members (excludes halogenated alkanes) is 1. The first kappa shape index (κ1) is 12.5. The van der Waals surface area contributed by atoms with Gasteiger partial charge in [0.05, 0.1) is 5.88 Å². The third-order valence-corrected chi connectivity index (χ3v) is 3.05. The van der Waals surface area contributed by atoms with E-state index in [1.165, 1.54) is 25.7 Å². The zero-order valence-electron chi connectivity index (χ0n) is 9.62. The molecule has 0 aromatic carbocycles. The van der Waals surface area contributed by atoms with Gasteiger partial charge in [0.15, 0.2) is 0 Å². The van der Waals surface area contributed by atoms with Gasteiger partial charge in [-0.1, -0.05) is 33.1 Å². The van der Waals surface area contributed by atoms with Crippen molar-refractivity contribution >= 4 is 11.6 Å². The van der Waals surface area contributed by atoms with Crippen LogP contribution in [0.3, 0.4) is 0 Å². The van der Waals surface area contributed by atoms with Gasteiger partial charge >= 0.3 is 0 Å². The summed E-state index contributed by atoms with van der Waals surface area (Å²) in [7, 11) is 0. The topological polar surface area (TPSA) is 30.7 Å². The Kier molecular flexibility index (Phi) is 5.69. The molecule has 0 bridgehead atoms. The zero-order valence-corrected chi connectivity index (χ0v) is 10.4. The molecule has 0 saturated heterocycles. The van der Waals surface area contributed by atoms with E-state index in [0.29, 0.717) is 5.88 Å². The smallest absolute Gasteiger partial charge is 0.147 e. The number of nitrogens with zero attached hydrogens (tertiary/aromatic N) is 3. The van der Waals surface area contributed by atoms with E-state index in [9.17, 15) is 0 Å². The Morgan fingerprint density at radius 3 is 2.87 bits per heavy atom. The van der Waals surface area contributed by atoms with E-state index in [1.54, 1.807) is 6.33 Å². The predicted octanol–water partition coefficient (Wildman–Crippen LogP) is 3.23. The van der Waals surface area contributed by atoms with Crippen LogP contribution >= 0.6 is 11.6 Å². The van der Waals surface area contributed by atoms with Crippen molar-refractivity contribution in [2.45, 2.75) is 52.0 Å². The molecule has 1 atom stereocenters. The number of halogens is 1.